The molecule has 0 aliphatic carbocycles. The number of rotatable bonds is 8. The van der Waals surface area contributed by atoms with Crippen molar-refractivity contribution in [1.29, 1.82) is 0 Å². The molecule has 1 aromatic heterocycles. The number of benzene rings is 1. The molecule has 8 heteroatoms. The average molecular weight is 379 g/mol. The van der Waals surface area contributed by atoms with Crippen LogP contribution >= 0.6 is 11.8 Å². The standard InChI is InChI=1S/C18H21NO6S/c1-10-12-5-4-11(24-2)8-15(12)25-18(23)13(10)9-16(20)19-14(17(21)22)6-7-26-3/h4-5,8,14H,6-7,9H2,1-3H3,(H,19,20)(H,21,22)/t14-/m0/s1. The third-order valence-electron chi connectivity index (χ3n) is 4.08. The molecule has 0 unspecified atom stereocenters. The van der Waals surface area contributed by atoms with Gasteiger partial charge in [0.05, 0.1) is 19.1 Å². The van der Waals surface area contributed by atoms with Crippen molar-refractivity contribution in [3.8, 4) is 5.75 Å². The zero-order chi connectivity index (χ0) is 19.3. The van der Waals surface area contributed by atoms with E-state index in [9.17, 15) is 19.5 Å². The molecule has 1 heterocycles. The Bertz CT molecular complexity index is 876. The number of hydrogen-bond acceptors (Lipinski definition) is 6. The zero-order valence-corrected chi connectivity index (χ0v) is 15.6. The van der Waals surface area contributed by atoms with Crippen LogP contribution in [0.25, 0.3) is 11.0 Å². The van der Waals surface area contributed by atoms with Gasteiger partial charge in [-0.25, -0.2) is 9.59 Å². The largest absolute Gasteiger partial charge is 0.497 e. The van der Waals surface area contributed by atoms with Crippen LogP contribution in [0.3, 0.4) is 0 Å². The third kappa shape index (κ3) is 4.57. The van der Waals surface area contributed by atoms with Crippen LogP contribution in [0.2, 0.25) is 0 Å². The molecule has 0 bridgehead atoms. The minimum absolute atomic E-state index is 0.217. The molecule has 0 saturated carbocycles. The van der Waals surface area contributed by atoms with Crippen molar-refractivity contribution in [2.75, 3.05) is 19.1 Å². The smallest absolute Gasteiger partial charge is 0.340 e. The number of aryl methyl sites for hydroxylation is 1. The predicted octanol–water partition coefficient (Wildman–Crippen LogP) is 1.98. The van der Waals surface area contributed by atoms with Gasteiger partial charge in [-0.1, -0.05) is 0 Å². The van der Waals surface area contributed by atoms with Gasteiger partial charge in [0.2, 0.25) is 5.91 Å². The first kappa shape index (κ1) is 19.8. The normalized spacial score (nSPS) is 12.0. The van der Waals surface area contributed by atoms with Gasteiger partial charge in [0.15, 0.2) is 0 Å². The second-order valence-electron chi connectivity index (χ2n) is 5.77. The van der Waals surface area contributed by atoms with Crippen molar-refractivity contribution in [2.45, 2.75) is 25.8 Å². The third-order valence-corrected chi connectivity index (χ3v) is 4.72. The Labute approximate surface area is 154 Å². The molecule has 1 amide bonds. The van der Waals surface area contributed by atoms with Gasteiger partial charge in [-0.05, 0) is 43.0 Å². The number of carbonyl (C=O) groups is 2. The maximum atomic E-state index is 12.3. The molecular formula is C18H21NO6S. The molecule has 7 nitrogen and oxygen atoms in total. The molecule has 140 valence electrons. The highest BCUT2D eigenvalue weighted by molar-refractivity contribution is 7.98. The first-order valence-electron chi connectivity index (χ1n) is 7.98. The van der Waals surface area contributed by atoms with Crippen molar-refractivity contribution in [3.05, 3.63) is 39.7 Å². The molecule has 2 N–H and O–H groups in total. The van der Waals surface area contributed by atoms with Crippen LogP contribution in [0.15, 0.2) is 27.4 Å². The molecule has 2 rings (SSSR count). The number of ether oxygens (including phenoxy) is 1. The Morgan fingerprint density at radius 3 is 2.73 bits per heavy atom. The summed E-state index contributed by atoms with van der Waals surface area (Å²) in [6.45, 7) is 1.73. The quantitative estimate of drug-likeness (QED) is 0.676. The summed E-state index contributed by atoms with van der Waals surface area (Å²) in [6.07, 6.45) is 1.94. The highest BCUT2D eigenvalue weighted by atomic mass is 32.2. The van der Waals surface area contributed by atoms with Crippen molar-refractivity contribution in [3.63, 3.8) is 0 Å². The van der Waals surface area contributed by atoms with Gasteiger partial charge < -0.3 is 19.6 Å². The van der Waals surface area contributed by atoms with Gasteiger partial charge >= 0.3 is 11.6 Å². The summed E-state index contributed by atoms with van der Waals surface area (Å²) in [7, 11) is 1.51. The lowest BCUT2D eigenvalue weighted by Crippen LogP contribution is -2.42. The van der Waals surface area contributed by atoms with Crippen LogP contribution < -0.4 is 15.7 Å². The summed E-state index contributed by atoms with van der Waals surface area (Å²) in [6, 6.07) is 4.12. The Balaban J connectivity index is 2.25. The van der Waals surface area contributed by atoms with Gasteiger partial charge in [-0.2, -0.15) is 11.8 Å². The number of carbonyl (C=O) groups excluding carboxylic acids is 1. The maximum absolute atomic E-state index is 12.3. The van der Waals surface area contributed by atoms with E-state index in [-0.39, 0.29) is 12.0 Å². The number of aliphatic carboxylic acids is 1. The average Bonchev–Trinajstić information content (AvgIpc) is 2.61. The van der Waals surface area contributed by atoms with E-state index < -0.39 is 23.5 Å². The fourth-order valence-electron chi connectivity index (χ4n) is 2.60. The van der Waals surface area contributed by atoms with E-state index in [4.69, 9.17) is 9.15 Å². The van der Waals surface area contributed by atoms with Crippen LogP contribution in [0, 0.1) is 6.92 Å². The van der Waals surface area contributed by atoms with Crippen molar-refractivity contribution in [1.82, 2.24) is 5.32 Å². The summed E-state index contributed by atoms with van der Waals surface area (Å²) < 4.78 is 10.4. The van der Waals surface area contributed by atoms with Gasteiger partial charge in [0.25, 0.3) is 0 Å². The van der Waals surface area contributed by atoms with Crippen molar-refractivity contribution < 1.29 is 23.8 Å². The van der Waals surface area contributed by atoms with E-state index in [0.29, 0.717) is 34.5 Å². The fraction of sp³-hybridized carbons (Fsp3) is 0.389. The minimum Gasteiger partial charge on any atom is -0.497 e. The molecule has 0 aliphatic heterocycles. The summed E-state index contributed by atoms with van der Waals surface area (Å²) in [5, 5.41) is 12.4. The fourth-order valence-corrected chi connectivity index (χ4v) is 3.08. The molecular weight excluding hydrogens is 358 g/mol. The number of fused-ring (bicyclic) bond motifs is 1. The Hall–Kier alpha value is -2.48. The second kappa shape index (κ2) is 8.75. The summed E-state index contributed by atoms with van der Waals surface area (Å²) in [5.41, 5.74) is 0.605. The minimum atomic E-state index is -1.10. The molecule has 0 radical (unpaired) electrons. The number of thioether (sulfide) groups is 1. The van der Waals surface area contributed by atoms with E-state index >= 15 is 0 Å². The lowest BCUT2D eigenvalue weighted by molar-refractivity contribution is -0.141. The highest BCUT2D eigenvalue weighted by Gasteiger charge is 2.21. The predicted molar refractivity (Wildman–Crippen MR) is 100 cm³/mol. The van der Waals surface area contributed by atoms with E-state index in [0.717, 1.165) is 0 Å². The molecule has 0 spiro atoms. The van der Waals surface area contributed by atoms with Gasteiger partial charge in [-0.3, -0.25) is 4.79 Å². The second-order valence-corrected chi connectivity index (χ2v) is 6.76. The first-order valence-corrected chi connectivity index (χ1v) is 9.38. The summed E-state index contributed by atoms with van der Waals surface area (Å²) in [5.74, 6) is -0.455. The van der Waals surface area contributed by atoms with Crippen LogP contribution in [0.1, 0.15) is 17.5 Å². The topological polar surface area (TPSA) is 106 Å². The Morgan fingerprint density at radius 1 is 1.38 bits per heavy atom. The maximum Gasteiger partial charge on any atom is 0.340 e. The molecule has 0 fully saturated rings. The number of carboxylic acids is 1. The van der Waals surface area contributed by atoms with Crippen LogP contribution in [0.5, 0.6) is 5.75 Å². The van der Waals surface area contributed by atoms with E-state index in [1.807, 2.05) is 6.26 Å². The van der Waals surface area contributed by atoms with Gasteiger partial charge in [0.1, 0.15) is 17.4 Å². The van der Waals surface area contributed by atoms with E-state index in [1.54, 1.807) is 25.1 Å². The van der Waals surface area contributed by atoms with Crippen LogP contribution in [-0.4, -0.2) is 42.1 Å². The lowest BCUT2D eigenvalue weighted by Gasteiger charge is -2.14. The molecule has 0 aliphatic rings. The van der Waals surface area contributed by atoms with Gasteiger partial charge in [0, 0.05) is 11.5 Å². The van der Waals surface area contributed by atoms with Crippen molar-refractivity contribution in [2.24, 2.45) is 0 Å². The monoisotopic (exact) mass is 379 g/mol. The number of nitrogens with one attached hydrogen (secondary N) is 1. The first-order chi connectivity index (χ1) is 12.4. The Kier molecular flexibility index (Phi) is 6.68. The number of carboxylic acid groups (broad SMARTS) is 1. The highest BCUT2D eigenvalue weighted by Crippen LogP contribution is 2.24. The SMILES string of the molecule is COc1ccc2c(C)c(CC(=O)N[C@@H](CCSC)C(=O)O)c(=O)oc2c1. The number of amides is 1. The molecule has 26 heavy (non-hydrogen) atoms. The zero-order valence-electron chi connectivity index (χ0n) is 14.8. The molecule has 0 saturated heterocycles. The molecule has 2 aromatic rings. The summed E-state index contributed by atoms with van der Waals surface area (Å²) in [4.78, 5) is 35.8. The Morgan fingerprint density at radius 2 is 2.12 bits per heavy atom. The number of methoxy groups -OCH3 is 1. The van der Waals surface area contributed by atoms with Crippen LogP contribution in [0.4, 0.5) is 0 Å². The molecule has 1 atom stereocenters. The summed E-state index contributed by atoms with van der Waals surface area (Å²) >= 11 is 1.50. The molecule has 1 aromatic carbocycles. The van der Waals surface area contributed by atoms with Crippen LogP contribution in [-0.2, 0) is 16.0 Å². The number of hydrogen-bond donors (Lipinski definition) is 2. The lowest BCUT2D eigenvalue weighted by atomic mass is 10.0. The van der Waals surface area contributed by atoms with E-state index in [2.05, 4.69) is 5.32 Å². The van der Waals surface area contributed by atoms with E-state index in [1.165, 1.54) is 18.9 Å². The van der Waals surface area contributed by atoms with Crippen molar-refractivity contribution >= 4 is 34.6 Å². The van der Waals surface area contributed by atoms with Gasteiger partial charge in [-0.15, -0.1) is 0 Å².